The summed E-state index contributed by atoms with van der Waals surface area (Å²) < 4.78 is 28.0. The minimum atomic E-state index is -0.740. The van der Waals surface area contributed by atoms with Crippen LogP contribution < -0.4 is 4.74 Å². The van der Waals surface area contributed by atoms with Crippen LogP contribution in [0.15, 0.2) is 24.2 Å². The van der Waals surface area contributed by atoms with Gasteiger partial charge in [-0.1, -0.05) is 12.7 Å². The predicted molar refractivity (Wildman–Crippen MR) is 119 cm³/mol. The lowest BCUT2D eigenvalue weighted by Crippen LogP contribution is -2.41. The van der Waals surface area contributed by atoms with Crippen molar-refractivity contribution >= 4 is 30.2 Å². The molecule has 30 heavy (non-hydrogen) atoms. The summed E-state index contributed by atoms with van der Waals surface area (Å²) >= 11 is 1.34. The number of nitrogens with zero attached hydrogens (tertiary/aromatic N) is 1. The first-order chi connectivity index (χ1) is 14.0. The SMILES string of the molecule is C=C(C)c1cc(OC[C@@]2(C(=O)OCC)CC=C(B3OC(C)(C)C(C)(C)O3)CC2)ns1. The number of carbonyl (C=O) groups excluding carboxylic acids is 1. The number of ether oxygens (including phenoxy) is 2. The zero-order valence-corrected chi connectivity index (χ0v) is 19.7. The second-order valence-electron chi connectivity index (χ2n) is 9.17. The summed E-state index contributed by atoms with van der Waals surface area (Å²) in [7, 11) is -0.382. The maximum absolute atomic E-state index is 12.9. The Balaban J connectivity index is 1.73. The van der Waals surface area contributed by atoms with E-state index in [2.05, 4.69) is 17.0 Å². The molecular formula is C22H32BNO5S. The number of rotatable bonds is 7. The minimum Gasteiger partial charge on any atom is -0.476 e. The van der Waals surface area contributed by atoms with Crippen LogP contribution in [0.3, 0.4) is 0 Å². The molecule has 0 spiro atoms. The van der Waals surface area contributed by atoms with Crippen LogP contribution in [0.2, 0.25) is 0 Å². The van der Waals surface area contributed by atoms with Gasteiger partial charge in [-0.05, 0) is 83.4 Å². The molecular weight excluding hydrogens is 401 g/mol. The lowest BCUT2D eigenvalue weighted by molar-refractivity contribution is -0.158. The van der Waals surface area contributed by atoms with Crippen molar-refractivity contribution in [1.82, 2.24) is 4.37 Å². The third-order valence-electron chi connectivity index (χ3n) is 6.32. The van der Waals surface area contributed by atoms with E-state index in [4.69, 9.17) is 18.8 Å². The molecule has 3 rings (SSSR count). The number of esters is 1. The van der Waals surface area contributed by atoms with Crippen molar-refractivity contribution in [3.05, 3.63) is 29.1 Å². The fourth-order valence-electron chi connectivity index (χ4n) is 3.52. The van der Waals surface area contributed by atoms with Crippen LogP contribution in [0.5, 0.6) is 5.88 Å². The summed E-state index contributed by atoms with van der Waals surface area (Å²) in [6, 6.07) is 1.86. The number of carbonyl (C=O) groups is 1. The predicted octanol–water partition coefficient (Wildman–Crippen LogP) is 4.85. The molecule has 1 aliphatic carbocycles. The largest absolute Gasteiger partial charge is 0.490 e. The number of hydrogen-bond donors (Lipinski definition) is 0. The van der Waals surface area contributed by atoms with Gasteiger partial charge >= 0.3 is 13.1 Å². The van der Waals surface area contributed by atoms with E-state index in [9.17, 15) is 4.79 Å². The molecule has 2 heterocycles. The highest BCUT2D eigenvalue weighted by molar-refractivity contribution is 7.07. The molecule has 0 aromatic carbocycles. The van der Waals surface area contributed by atoms with Gasteiger partial charge in [0.15, 0.2) is 0 Å². The molecule has 2 aliphatic rings. The molecule has 1 atom stereocenters. The second-order valence-corrected chi connectivity index (χ2v) is 9.98. The molecule has 1 saturated heterocycles. The minimum absolute atomic E-state index is 0.221. The van der Waals surface area contributed by atoms with E-state index in [1.807, 2.05) is 47.6 Å². The van der Waals surface area contributed by atoms with Gasteiger partial charge in [0, 0.05) is 6.07 Å². The van der Waals surface area contributed by atoms with E-state index in [0.29, 0.717) is 31.7 Å². The Bertz CT molecular complexity index is 830. The lowest BCUT2D eigenvalue weighted by Gasteiger charge is -2.34. The van der Waals surface area contributed by atoms with Crippen LogP contribution in [0, 0.1) is 5.41 Å². The first-order valence-electron chi connectivity index (χ1n) is 10.5. The van der Waals surface area contributed by atoms with Gasteiger partial charge in [-0.3, -0.25) is 4.79 Å². The Kier molecular flexibility index (Phi) is 6.51. The zero-order valence-electron chi connectivity index (χ0n) is 18.9. The van der Waals surface area contributed by atoms with E-state index >= 15 is 0 Å². The van der Waals surface area contributed by atoms with Gasteiger partial charge in [-0.2, -0.15) is 4.37 Å². The first-order valence-corrected chi connectivity index (χ1v) is 11.2. The molecule has 0 N–H and O–H groups in total. The van der Waals surface area contributed by atoms with Crippen molar-refractivity contribution < 1.29 is 23.6 Å². The van der Waals surface area contributed by atoms with Gasteiger partial charge < -0.3 is 18.8 Å². The maximum Gasteiger partial charge on any atom is 0.490 e. The highest BCUT2D eigenvalue weighted by Crippen LogP contribution is 2.43. The van der Waals surface area contributed by atoms with Crippen LogP contribution in [-0.4, -0.2) is 41.9 Å². The van der Waals surface area contributed by atoms with Crippen LogP contribution in [0.4, 0.5) is 0 Å². The summed E-state index contributed by atoms with van der Waals surface area (Å²) in [4.78, 5) is 13.8. The van der Waals surface area contributed by atoms with E-state index in [0.717, 1.165) is 15.9 Å². The van der Waals surface area contributed by atoms with E-state index < -0.39 is 5.41 Å². The van der Waals surface area contributed by atoms with Crippen molar-refractivity contribution in [2.75, 3.05) is 13.2 Å². The monoisotopic (exact) mass is 433 g/mol. The highest BCUT2D eigenvalue weighted by atomic mass is 32.1. The maximum atomic E-state index is 12.9. The van der Waals surface area contributed by atoms with E-state index in [1.165, 1.54) is 11.5 Å². The smallest absolute Gasteiger partial charge is 0.476 e. The van der Waals surface area contributed by atoms with Gasteiger partial charge in [0.25, 0.3) is 0 Å². The van der Waals surface area contributed by atoms with Crippen molar-refractivity contribution in [2.45, 2.75) is 72.0 Å². The molecule has 0 radical (unpaired) electrons. The molecule has 164 valence electrons. The lowest BCUT2D eigenvalue weighted by atomic mass is 9.66. The van der Waals surface area contributed by atoms with Crippen molar-refractivity contribution in [2.24, 2.45) is 5.41 Å². The van der Waals surface area contributed by atoms with Crippen molar-refractivity contribution in [1.29, 1.82) is 0 Å². The molecule has 1 aromatic heterocycles. The van der Waals surface area contributed by atoms with Crippen LogP contribution in [0.25, 0.3) is 5.57 Å². The van der Waals surface area contributed by atoms with E-state index in [-0.39, 0.29) is 30.9 Å². The summed E-state index contributed by atoms with van der Waals surface area (Å²) in [5.41, 5.74) is 0.504. The molecule has 1 fully saturated rings. The zero-order chi connectivity index (χ0) is 22.2. The molecule has 0 bridgehead atoms. The molecule has 1 aromatic rings. The Morgan fingerprint density at radius 3 is 2.47 bits per heavy atom. The normalized spacial score (nSPS) is 25.0. The Hall–Kier alpha value is -1.64. The van der Waals surface area contributed by atoms with Crippen LogP contribution >= 0.6 is 11.5 Å². The average Bonchev–Trinajstić information content (AvgIpc) is 3.23. The van der Waals surface area contributed by atoms with Gasteiger partial charge in [0.2, 0.25) is 5.88 Å². The Morgan fingerprint density at radius 2 is 1.97 bits per heavy atom. The van der Waals surface area contributed by atoms with Gasteiger partial charge in [-0.15, -0.1) is 0 Å². The molecule has 6 nitrogen and oxygen atoms in total. The number of hydrogen-bond acceptors (Lipinski definition) is 7. The van der Waals surface area contributed by atoms with Gasteiger partial charge in [0.1, 0.15) is 12.0 Å². The van der Waals surface area contributed by atoms with Crippen molar-refractivity contribution in [3.63, 3.8) is 0 Å². The van der Waals surface area contributed by atoms with Crippen LogP contribution in [-0.2, 0) is 18.8 Å². The second kappa shape index (κ2) is 8.48. The fourth-order valence-corrected chi connectivity index (χ4v) is 4.13. The summed E-state index contributed by atoms with van der Waals surface area (Å²) in [6.45, 7) is 16.4. The van der Waals surface area contributed by atoms with Gasteiger partial charge in [0.05, 0.1) is 22.7 Å². The average molecular weight is 433 g/mol. The van der Waals surface area contributed by atoms with Gasteiger partial charge in [-0.25, -0.2) is 0 Å². The third-order valence-corrected chi connectivity index (χ3v) is 7.25. The Morgan fingerprint density at radius 1 is 1.30 bits per heavy atom. The highest BCUT2D eigenvalue weighted by Gasteiger charge is 2.53. The Labute approximate surface area is 183 Å². The molecule has 0 unspecified atom stereocenters. The quantitative estimate of drug-likeness (QED) is 0.453. The standard InChI is InChI=1S/C22H32BNO5S/c1-8-26-19(25)22(14-27-18-13-17(15(2)3)30-24-18)11-9-16(10-12-22)23-28-20(4,5)21(6,7)29-23/h9,13H,2,8,10-12,14H2,1,3-7H3/t22-/m1/s1. The number of allylic oxidation sites excluding steroid dienone is 3. The third kappa shape index (κ3) is 4.50. The fraction of sp³-hybridized carbons (Fsp3) is 0.636. The van der Waals surface area contributed by atoms with E-state index in [1.54, 1.807) is 0 Å². The van der Waals surface area contributed by atoms with Crippen molar-refractivity contribution in [3.8, 4) is 5.88 Å². The summed E-state index contributed by atoms with van der Waals surface area (Å²) in [5.74, 6) is 0.284. The molecule has 8 heteroatoms. The first kappa shape index (κ1) is 23.0. The molecule has 0 amide bonds. The molecule has 1 aliphatic heterocycles. The summed E-state index contributed by atoms with van der Waals surface area (Å²) in [6.07, 6.45) is 3.88. The van der Waals surface area contributed by atoms with Crippen LogP contribution in [0.1, 0.15) is 65.7 Å². The summed E-state index contributed by atoms with van der Waals surface area (Å²) in [5, 5.41) is 0. The molecule has 0 saturated carbocycles. The topological polar surface area (TPSA) is 66.9 Å². The number of aromatic nitrogens is 1.